The van der Waals surface area contributed by atoms with E-state index in [4.69, 9.17) is 4.74 Å². The summed E-state index contributed by atoms with van der Waals surface area (Å²) in [5, 5.41) is 0. The van der Waals surface area contributed by atoms with Gasteiger partial charge in [0.2, 0.25) is 0 Å². The lowest BCUT2D eigenvalue weighted by Gasteiger charge is -2.33. The van der Waals surface area contributed by atoms with Crippen molar-refractivity contribution in [3.63, 3.8) is 0 Å². The van der Waals surface area contributed by atoms with Gasteiger partial charge in [-0.1, -0.05) is 143 Å². The van der Waals surface area contributed by atoms with Gasteiger partial charge < -0.3 is 4.74 Å². The van der Waals surface area contributed by atoms with Crippen molar-refractivity contribution in [3.8, 4) is 0 Å². The van der Waals surface area contributed by atoms with E-state index in [-0.39, 0.29) is 5.60 Å². The summed E-state index contributed by atoms with van der Waals surface area (Å²) < 4.78 is 6.12. The van der Waals surface area contributed by atoms with Gasteiger partial charge in [0.25, 0.3) is 0 Å². The molecule has 1 heteroatoms. The van der Waals surface area contributed by atoms with Crippen LogP contribution in [-0.4, -0.2) is 12.7 Å². The second-order valence-corrected chi connectivity index (χ2v) is 9.29. The van der Waals surface area contributed by atoms with Crippen molar-refractivity contribution in [2.45, 2.75) is 168 Å². The van der Waals surface area contributed by atoms with E-state index in [0.29, 0.717) is 0 Å². The van der Waals surface area contributed by atoms with Crippen LogP contribution in [0.15, 0.2) is 0 Å². The van der Waals surface area contributed by atoms with Crippen molar-refractivity contribution >= 4 is 0 Å². The third-order valence-corrected chi connectivity index (χ3v) is 6.61. The molecule has 0 aromatic heterocycles. The first-order valence-corrected chi connectivity index (χ1v) is 13.3. The predicted octanol–water partition coefficient (Wildman–Crippen LogP) is 10.0. The van der Waals surface area contributed by atoms with Crippen molar-refractivity contribution in [3.05, 3.63) is 0 Å². The summed E-state index contributed by atoms with van der Waals surface area (Å²) in [6.45, 7) is 6.92. The van der Waals surface area contributed by atoms with E-state index < -0.39 is 0 Å². The Morgan fingerprint density at radius 1 is 0.393 bits per heavy atom. The van der Waals surface area contributed by atoms with Crippen LogP contribution < -0.4 is 0 Å². The highest BCUT2D eigenvalue weighted by Crippen LogP contribution is 2.31. The van der Waals surface area contributed by atoms with Gasteiger partial charge >= 0.3 is 0 Å². The zero-order valence-electron chi connectivity index (χ0n) is 20.5. The predicted molar refractivity (Wildman–Crippen MR) is 128 cm³/mol. The summed E-state index contributed by atoms with van der Waals surface area (Å²) in [5.74, 6) is 0. The zero-order chi connectivity index (χ0) is 20.8. The molecule has 0 aliphatic rings. The topological polar surface area (TPSA) is 9.23 Å². The van der Waals surface area contributed by atoms with Crippen molar-refractivity contribution in [2.75, 3.05) is 7.11 Å². The Kier molecular flexibility index (Phi) is 21.6. The minimum atomic E-state index is 0.178. The number of unbranched alkanes of at least 4 members (excludes halogenated alkanes) is 16. The van der Waals surface area contributed by atoms with E-state index in [1.807, 2.05) is 7.11 Å². The average Bonchev–Trinajstić information content (AvgIpc) is 2.71. The maximum Gasteiger partial charge on any atom is 0.0678 e. The van der Waals surface area contributed by atoms with Crippen LogP contribution in [0.25, 0.3) is 0 Å². The highest BCUT2D eigenvalue weighted by molar-refractivity contribution is 4.80. The van der Waals surface area contributed by atoms with Gasteiger partial charge in [-0.25, -0.2) is 0 Å². The highest BCUT2D eigenvalue weighted by Gasteiger charge is 2.27. The van der Waals surface area contributed by atoms with Crippen LogP contribution in [0.5, 0.6) is 0 Å². The first kappa shape index (κ1) is 28.0. The van der Waals surface area contributed by atoms with Gasteiger partial charge in [-0.05, 0) is 19.3 Å². The van der Waals surface area contributed by atoms with Crippen LogP contribution in [0.1, 0.15) is 162 Å². The minimum absolute atomic E-state index is 0.178. The SMILES string of the molecule is CCCCCCCCCCCCCC(CCC)(CCCCCCCCC)OC. The molecule has 0 rings (SSSR count). The lowest BCUT2D eigenvalue weighted by molar-refractivity contribution is -0.0353. The number of hydrogen-bond acceptors (Lipinski definition) is 1. The Morgan fingerprint density at radius 3 is 1.00 bits per heavy atom. The maximum atomic E-state index is 6.12. The maximum absolute atomic E-state index is 6.12. The molecule has 0 bridgehead atoms. The fourth-order valence-corrected chi connectivity index (χ4v) is 4.65. The summed E-state index contributed by atoms with van der Waals surface area (Å²) in [5.41, 5.74) is 0.178. The largest absolute Gasteiger partial charge is 0.378 e. The van der Waals surface area contributed by atoms with Gasteiger partial charge in [-0.3, -0.25) is 0 Å². The van der Waals surface area contributed by atoms with Gasteiger partial charge in [0, 0.05) is 7.11 Å². The van der Waals surface area contributed by atoms with Crippen molar-refractivity contribution < 1.29 is 4.74 Å². The lowest BCUT2D eigenvalue weighted by Crippen LogP contribution is -2.31. The number of hydrogen-bond donors (Lipinski definition) is 0. The number of ether oxygens (including phenoxy) is 1. The number of rotatable bonds is 23. The molecule has 0 aromatic rings. The molecular formula is C27H56O. The quantitative estimate of drug-likeness (QED) is 0.156. The Labute approximate surface area is 179 Å². The van der Waals surface area contributed by atoms with Crippen LogP contribution in [0.4, 0.5) is 0 Å². The number of methoxy groups -OCH3 is 1. The van der Waals surface area contributed by atoms with Crippen LogP contribution in [0.2, 0.25) is 0 Å². The molecule has 0 aromatic carbocycles. The zero-order valence-corrected chi connectivity index (χ0v) is 20.5. The standard InChI is InChI=1S/C27H56O/c1-5-8-10-12-14-15-16-17-19-21-23-26-27(28-4,24-7-3)25-22-20-18-13-11-9-6-2/h5-26H2,1-4H3. The van der Waals surface area contributed by atoms with E-state index in [0.717, 1.165) is 0 Å². The van der Waals surface area contributed by atoms with E-state index >= 15 is 0 Å². The summed E-state index contributed by atoms with van der Waals surface area (Å²) in [6.07, 6.45) is 30.6. The summed E-state index contributed by atoms with van der Waals surface area (Å²) >= 11 is 0. The summed E-state index contributed by atoms with van der Waals surface area (Å²) in [7, 11) is 1.97. The third-order valence-electron chi connectivity index (χ3n) is 6.61. The van der Waals surface area contributed by atoms with Crippen LogP contribution in [-0.2, 0) is 4.74 Å². The van der Waals surface area contributed by atoms with Crippen molar-refractivity contribution in [1.82, 2.24) is 0 Å². The van der Waals surface area contributed by atoms with Gasteiger partial charge in [-0.2, -0.15) is 0 Å². The van der Waals surface area contributed by atoms with Crippen LogP contribution >= 0.6 is 0 Å². The van der Waals surface area contributed by atoms with E-state index in [2.05, 4.69) is 20.8 Å². The molecule has 0 amide bonds. The Balaban J connectivity index is 3.78. The highest BCUT2D eigenvalue weighted by atomic mass is 16.5. The minimum Gasteiger partial charge on any atom is -0.378 e. The molecule has 0 fully saturated rings. The van der Waals surface area contributed by atoms with Crippen LogP contribution in [0.3, 0.4) is 0 Å². The molecule has 0 aliphatic carbocycles. The molecule has 0 N–H and O–H groups in total. The van der Waals surface area contributed by atoms with E-state index in [1.165, 1.54) is 141 Å². The first-order valence-electron chi connectivity index (χ1n) is 13.3. The lowest BCUT2D eigenvalue weighted by atomic mass is 9.85. The molecule has 1 unspecified atom stereocenters. The monoisotopic (exact) mass is 396 g/mol. The van der Waals surface area contributed by atoms with Crippen molar-refractivity contribution in [1.29, 1.82) is 0 Å². The fraction of sp³-hybridized carbons (Fsp3) is 1.00. The summed E-state index contributed by atoms with van der Waals surface area (Å²) in [4.78, 5) is 0. The Morgan fingerprint density at radius 2 is 0.714 bits per heavy atom. The van der Waals surface area contributed by atoms with Crippen molar-refractivity contribution in [2.24, 2.45) is 0 Å². The van der Waals surface area contributed by atoms with Gasteiger partial charge in [-0.15, -0.1) is 0 Å². The van der Waals surface area contributed by atoms with Crippen LogP contribution in [0, 0.1) is 0 Å². The molecule has 0 saturated carbocycles. The molecule has 28 heavy (non-hydrogen) atoms. The molecule has 1 nitrogen and oxygen atoms in total. The van der Waals surface area contributed by atoms with E-state index in [9.17, 15) is 0 Å². The first-order chi connectivity index (χ1) is 13.7. The molecular weight excluding hydrogens is 340 g/mol. The second-order valence-electron chi connectivity index (χ2n) is 9.29. The summed E-state index contributed by atoms with van der Waals surface area (Å²) in [6, 6.07) is 0. The normalized spacial score (nSPS) is 13.7. The molecule has 170 valence electrons. The fourth-order valence-electron chi connectivity index (χ4n) is 4.65. The molecule has 1 atom stereocenters. The Hall–Kier alpha value is -0.0400. The molecule has 0 aliphatic heterocycles. The molecule has 0 spiro atoms. The van der Waals surface area contributed by atoms with Gasteiger partial charge in [0.15, 0.2) is 0 Å². The molecule has 0 radical (unpaired) electrons. The smallest absolute Gasteiger partial charge is 0.0678 e. The molecule has 0 heterocycles. The van der Waals surface area contributed by atoms with Gasteiger partial charge in [0.05, 0.1) is 5.60 Å². The molecule has 0 saturated heterocycles. The van der Waals surface area contributed by atoms with Gasteiger partial charge in [0.1, 0.15) is 0 Å². The Bertz CT molecular complexity index is 288. The van der Waals surface area contributed by atoms with E-state index in [1.54, 1.807) is 0 Å². The average molecular weight is 397 g/mol. The second kappa shape index (κ2) is 21.7. The third kappa shape index (κ3) is 16.9.